The lowest BCUT2D eigenvalue weighted by atomic mass is 9.92. The van der Waals surface area contributed by atoms with Crippen molar-refractivity contribution in [3.63, 3.8) is 0 Å². The maximum atomic E-state index is 13.4. The third-order valence-corrected chi connectivity index (χ3v) is 2.69. The molecule has 3 atom stereocenters. The smallest absolute Gasteiger partial charge is 0.126 e. The van der Waals surface area contributed by atoms with Crippen LogP contribution in [-0.2, 0) is 0 Å². The third kappa shape index (κ3) is 3.25. The molecule has 0 amide bonds. The highest BCUT2D eigenvalue weighted by Crippen LogP contribution is 2.24. The van der Waals surface area contributed by atoms with E-state index in [4.69, 9.17) is 5.73 Å². The van der Waals surface area contributed by atoms with Crippen molar-refractivity contribution in [3.05, 3.63) is 35.4 Å². The summed E-state index contributed by atoms with van der Waals surface area (Å²) in [4.78, 5) is 0. The van der Waals surface area contributed by atoms with Crippen LogP contribution in [0.2, 0.25) is 0 Å². The normalized spacial score (nSPS) is 16.9. The van der Waals surface area contributed by atoms with E-state index in [9.17, 15) is 13.9 Å². The lowest BCUT2D eigenvalue weighted by molar-refractivity contribution is 0.134. The molecule has 0 aliphatic carbocycles. The lowest BCUT2D eigenvalue weighted by Gasteiger charge is -2.19. The van der Waals surface area contributed by atoms with Crippen molar-refractivity contribution in [1.82, 2.24) is 0 Å². The second kappa shape index (κ2) is 5.37. The molecule has 1 aromatic carbocycles. The van der Waals surface area contributed by atoms with Gasteiger partial charge in [0.1, 0.15) is 11.6 Å². The molecule has 2 nitrogen and oxygen atoms in total. The fourth-order valence-electron chi connectivity index (χ4n) is 1.60. The zero-order chi connectivity index (χ0) is 12.3. The first-order chi connectivity index (χ1) is 7.41. The van der Waals surface area contributed by atoms with E-state index in [2.05, 4.69) is 0 Å². The molecule has 4 heteroatoms. The second-order valence-electron chi connectivity index (χ2n) is 4.23. The van der Waals surface area contributed by atoms with Gasteiger partial charge in [-0.25, -0.2) is 8.78 Å². The Hall–Kier alpha value is -1.00. The van der Waals surface area contributed by atoms with Gasteiger partial charge in [0, 0.05) is 6.04 Å². The zero-order valence-corrected chi connectivity index (χ0v) is 9.45. The molecule has 0 fully saturated rings. The number of nitrogens with two attached hydrogens (primary N) is 1. The number of aliphatic hydroxyl groups excluding tert-OH is 1. The first-order valence-electron chi connectivity index (χ1n) is 5.30. The van der Waals surface area contributed by atoms with Gasteiger partial charge in [0.25, 0.3) is 0 Å². The number of rotatable bonds is 4. The van der Waals surface area contributed by atoms with Gasteiger partial charge in [-0.2, -0.15) is 0 Å². The van der Waals surface area contributed by atoms with E-state index in [0.29, 0.717) is 6.42 Å². The number of halogens is 2. The highest BCUT2D eigenvalue weighted by molar-refractivity contribution is 5.22. The Morgan fingerprint density at radius 2 is 1.94 bits per heavy atom. The summed E-state index contributed by atoms with van der Waals surface area (Å²) < 4.78 is 26.3. The Bertz CT molecular complexity index is 355. The second-order valence-corrected chi connectivity index (χ2v) is 4.23. The summed E-state index contributed by atoms with van der Waals surface area (Å²) in [6.45, 7) is 3.42. The molecule has 0 aromatic heterocycles. The van der Waals surface area contributed by atoms with Crippen LogP contribution in [0.5, 0.6) is 0 Å². The third-order valence-electron chi connectivity index (χ3n) is 2.69. The van der Waals surface area contributed by atoms with E-state index < -0.39 is 17.7 Å². The first-order valence-corrected chi connectivity index (χ1v) is 5.30. The molecule has 0 bridgehead atoms. The maximum Gasteiger partial charge on any atom is 0.126 e. The fraction of sp³-hybridized carbons (Fsp3) is 0.500. The Kier molecular flexibility index (Phi) is 4.38. The highest BCUT2D eigenvalue weighted by Gasteiger charge is 2.18. The summed E-state index contributed by atoms with van der Waals surface area (Å²) >= 11 is 0. The van der Waals surface area contributed by atoms with Gasteiger partial charge in [0.05, 0.1) is 6.10 Å². The van der Waals surface area contributed by atoms with E-state index in [1.54, 1.807) is 13.8 Å². The van der Waals surface area contributed by atoms with Gasteiger partial charge in [0.15, 0.2) is 0 Å². The van der Waals surface area contributed by atoms with Crippen molar-refractivity contribution in [1.29, 1.82) is 0 Å². The van der Waals surface area contributed by atoms with Crippen LogP contribution >= 0.6 is 0 Å². The highest BCUT2D eigenvalue weighted by atomic mass is 19.1. The zero-order valence-electron chi connectivity index (χ0n) is 9.45. The van der Waals surface area contributed by atoms with Gasteiger partial charge >= 0.3 is 0 Å². The first kappa shape index (κ1) is 13.1. The van der Waals surface area contributed by atoms with Gasteiger partial charge in [-0.15, -0.1) is 0 Å². The van der Waals surface area contributed by atoms with Crippen LogP contribution < -0.4 is 5.73 Å². The van der Waals surface area contributed by atoms with E-state index >= 15 is 0 Å². The number of hydrogen-bond acceptors (Lipinski definition) is 2. The molecule has 16 heavy (non-hydrogen) atoms. The molecule has 0 saturated carbocycles. The predicted molar refractivity (Wildman–Crippen MR) is 59.0 cm³/mol. The summed E-state index contributed by atoms with van der Waals surface area (Å²) in [7, 11) is 0. The summed E-state index contributed by atoms with van der Waals surface area (Å²) in [6.07, 6.45) is -0.393. The molecule has 3 unspecified atom stereocenters. The minimum absolute atomic E-state index is 0.267. The van der Waals surface area contributed by atoms with Gasteiger partial charge in [-0.05, 0) is 43.0 Å². The van der Waals surface area contributed by atoms with Crippen molar-refractivity contribution in [3.8, 4) is 0 Å². The van der Waals surface area contributed by atoms with Crippen molar-refractivity contribution < 1.29 is 13.9 Å². The standard InChI is InChI=1S/C12H17F2NO/c1-7(5-12(16)8(2)15)10-6-9(13)3-4-11(10)14/h3-4,6-8,12,16H,5,15H2,1-2H3. The van der Waals surface area contributed by atoms with Crippen molar-refractivity contribution in [2.24, 2.45) is 5.73 Å². The van der Waals surface area contributed by atoms with Gasteiger partial charge in [0.2, 0.25) is 0 Å². The van der Waals surface area contributed by atoms with Gasteiger partial charge in [-0.1, -0.05) is 6.92 Å². The van der Waals surface area contributed by atoms with Crippen LogP contribution in [0.1, 0.15) is 31.7 Å². The average Bonchev–Trinajstić information content (AvgIpc) is 2.21. The molecular weight excluding hydrogens is 212 g/mol. The summed E-state index contributed by atoms with van der Waals surface area (Å²) in [5.74, 6) is -1.19. The quantitative estimate of drug-likeness (QED) is 0.831. The van der Waals surface area contributed by atoms with Crippen LogP contribution in [0.3, 0.4) is 0 Å². The summed E-state index contributed by atoms with van der Waals surface area (Å²) in [6, 6.07) is 2.96. The molecule has 0 saturated heterocycles. The number of aliphatic hydroxyl groups is 1. The van der Waals surface area contributed by atoms with Crippen LogP contribution in [0, 0.1) is 11.6 Å². The van der Waals surface area contributed by atoms with Crippen LogP contribution in [-0.4, -0.2) is 17.3 Å². The minimum atomic E-state index is -0.710. The molecule has 0 aliphatic rings. The van der Waals surface area contributed by atoms with Crippen LogP contribution in [0.4, 0.5) is 8.78 Å². The van der Waals surface area contributed by atoms with Crippen molar-refractivity contribution >= 4 is 0 Å². The Balaban J connectivity index is 2.80. The van der Waals surface area contributed by atoms with Crippen LogP contribution in [0.15, 0.2) is 18.2 Å². The summed E-state index contributed by atoms with van der Waals surface area (Å²) in [5, 5.41) is 9.58. The van der Waals surface area contributed by atoms with Crippen LogP contribution in [0.25, 0.3) is 0 Å². The Morgan fingerprint density at radius 3 is 2.50 bits per heavy atom. The Labute approximate surface area is 94.1 Å². The van der Waals surface area contributed by atoms with Gasteiger partial charge < -0.3 is 10.8 Å². The molecule has 1 rings (SSSR count). The van der Waals surface area contributed by atoms with Crippen molar-refractivity contribution in [2.45, 2.75) is 38.3 Å². The molecule has 3 N–H and O–H groups in total. The minimum Gasteiger partial charge on any atom is -0.392 e. The molecule has 0 radical (unpaired) electrons. The average molecular weight is 229 g/mol. The number of benzene rings is 1. The van der Waals surface area contributed by atoms with E-state index in [-0.39, 0.29) is 17.5 Å². The van der Waals surface area contributed by atoms with E-state index in [0.717, 1.165) is 18.2 Å². The lowest BCUT2D eigenvalue weighted by Crippen LogP contribution is -2.32. The molecule has 90 valence electrons. The van der Waals surface area contributed by atoms with E-state index in [1.165, 1.54) is 0 Å². The molecular formula is C12H17F2NO. The number of hydrogen-bond donors (Lipinski definition) is 2. The topological polar surface area (TPSA) is 46.2 Å². The predicted octanol–water partition coefficient (Wildman–Crippen LogP) is 2.17. The summed E-state index contributed by atoms with van der Waals surface area (Å²) in [5.41, 5.74) is 5.79. The Morgan fingerprint density at radius 1 is 1.31 bits per heavy atom. The van der Waals surface area contributed by atoms with E-state index in [1.807, 2.05) is 0 Å². The van der Waals surface area contributed by atoms with Gasteiger partial charge in [-0.3, -0.25) is 0 Å². The SMILES string of the molecule is CC(CC(O)C(C)N)c1cc(F)ccc1F. The molecule has 0 aliphatic heterocycles. The molecule has 1 aromatic rings. The van der Waals surface area contributed by atoms with Crippen molar-refractivity contribution in [2.75, 3.05) is 0 Å². The largest absolute Gasteiger partial charge is 0.392 e. The molecule has 0 spiro atoms. The monoisotopic (exact) mass is 229 g/mol. The maximum absolute atomic E-state index is 13.4. The fourth-order valence-corrected chi connectivity index (χ4v) is 1.60. The molecule has 0 heterocycles.